The van der Waals surface area contributed by atoms with E-state index in [0.717, 1.165) is 40.2 Å². The number of ether oxygens (including phenoxy) is 1. The zero-order chi connectivity index (χ0) is 21.4. The number of aryl methyl sites for hydroxylation is 2. The van der Waals surface area contributed by atoms with Crippen molar-refractivity contribution in [3.8, 4) is 17.0 Å². The Morgan fingerprint density at radius 1 is 1.10 bits per heavy atom. The molecule has 3 aromatic rings. The molecule has 0 saturated heterocycles. The summed E-state index contributed by atoms with van der Waals surface area (Å²) in [6.07, 6.45) is 4.42. The van der Waals surface area contributed by atoms with Gasteiger partial charge in [-0.2, -0.15) is 5.10 Å². The molecule has 2 heterocycles. The molecule has 1 aromatic heterocycles. The Labute approximate surface area is 184 Å². The van der Waals surface area contributed by atoms with E-state index in [1.54, 1.807) is 11.3 Å². The standard InChI is InChI=1S/C24H24N4O2S/c1-15-7-8-16(2)19(11-15)26-24-28(27-18-5-3-4-6-18)21(14-31-24)17-9-10-22-20(12-17)25-23(29)13-30-22/h7-12,14H,3-6,13H2,1-2H3,(H,25,29). The van der Waals surface area contributed by atoms with E-state index in [0.29, 0.717) is 11.4 Å². The Balaban J connectivity index is 1.66. The monoisotopic (exact) mass is 432 g/mol. The minimum absolute atomic E-state index is 0.0529. The molecule has 2 aromatic carbocycles. The van der Waals surface area contributed by atoms with Crippen LogP contribution in [-0.4, -0.2) is 22.9 Å². The van der Waals surface area contributed by atoms with Crippen LogP contribution in [0.1, 0.15) is 36.8 Å². The number of amides is 1. The van der Waals surface area contributed by atoms with Crippen molar-refractivity contribution < 1.29 is 9.53 Å². The van der Waals surface area contributed by atoms with Gasteiger partial charge in [-0.05, 0) is 74.9 Å². The van der Waals surface area contributed by atoms with E-state index in [1.807, 2.05) is 22.9 Å². The van der Waals surface area contributed by atoms with Crippen molar-refractivity contribution >= 4 is 34.3 Å². The first-order chi connectivity index (χ1) is 15.1. The molecular formula is C24H24N4O2S. The van der Waals surface area contributed by atoms with Crippen molar-refractivity contribution in [1.29, 1.82) is 0 Å². The van der Waals surface area contributed by atoms with E-state index < -0.39 is 0 Å². The molecule has 6 nitrogen and oxygen atoms in total. The summed E-state index contributed by atoms with van der Waals surface area (Å²) in [5.41, 5.74) is 7.08. The Morgan fingerprint density at radius 3 is 2.77 bits per heavy atom. The number of hydrogen-bond donors (Lipinski definition) is 1. The van der Waals surface area contributed by atoms with Gasteiger partial charge in [0.05, 0.1) is 17.1 Å². The number of rotatable bonds is 3. The number of hydrogen-bond acceptors (Lipinski definition) is 5. The quantitative estimate of drug-likeness (QED) is 0.620. The lowest BCUT2D eigenvalue weighted by molar-refractivity contribution is -0.118. The van der Waals surface area contributed by atoms with Gasteiger partial charge in [0, 0.05) is 16.7 Å². The molecule has 31 heavy (non-hydrogen) atoms. The zero-order valence-corrected chi connectivity index (χ0v) is 18.5. The van der Waals surface area contributed by atoms with E-state index >= 15 is 0 Å². The zero-order valence-electron chi connectivity index (χ0n) is 17.6. The second-order valence-electron chi connectivity index (χ2n) is 8.04. The maximum Gasteiger partial charge on any atom is 0.262 e. The van der Waals surface area contributed by atoms with Crippen molar-refractivity contribution in [2.75, 3.05) is 11.9 Å². The van der Waals surface area contributed by atoms with Crippen LogP contribution in [-0.2, 0) is 4.79 Å². The highest BCUT2D eigenvalue weighted by Crippen LogP contribution is 2.33. The third kappa shape index (κ3) is 4.05. The van der Waals surface area contributed by atoms with Crippen molar-refractivity contribution in [2.24, 2.45) is 10.1 Å². The van der Waals surface area contributed by atoms with Gasteiger partial charge >= 0.3 is 0 Å². The highest BCUT2D eigenvalue weighted by molar-refractivity contribution is 7.07. The summed E-state index contributed by atoms with van der Waals surface area (Å²) in [6.45, 7) is 4.21. The summed E-state index contributed by atoms with van der Waals surface area (Å²) in [6, 6.07) is 12.2. The van der Waals surface area contributed by atoms with Crippen molar-refractivity contribution in [2.45, 2.75) is 39.5 Å². The van der Waals surface area contributed by atoms with Crippen LogP contribution in [0.5, 0.6) is 5.75 Å². The molecule has 1 aliphatic carbocycles. The van der Waals surface area contributed by atoms with E-state index in [9.17, 15) is 4.79 Å². The third-order valence-electron chi connectivity index (χ3n) is 5.60. The van der Waals surface area contributed by atoms with Crippen LogP contribution < -0.4 is 14.9 Å². The molecule has 1 aliphatic heterocycles. The van der Waals surface area contributed by atoms with E-state index in [-0.39, 0.29) is 12.5 Å². The number of carbonyl (C=O) groups is 1. The minimum atomic E-state index is -0.139. The second kappa shape index (κ2) is 8.15. The predicted molar refractivity (Wildman–Crippen MR) is 124 cm³/mol. The number of nitrogens with one attached hydrogen (secondary N) is 1. The maximum atomic E-state index is 11.8. The van der Waals surface area contributed by atoms with Crippen molar-refractivity contribution in [1.82, 2.24) is 4.68 Å². The van der Waals surface area contributed by atoms with Gasteiger partial charge in [0.2, 0.25) is 4.80 Å². The van der Waals surface area contributed by atoms with Crippen LogP contribution in [0, 0.1) is 13.8 Å². The topological polar surface area (TPSA) is 68.0 Å². The summed E-state index contributed by atoms with van der Waals surface area (Å²) < 4.78 is 7.47. The average molecular weight is 433 g/mol. The van der Waals surface area contributed by atoms with Crippen LogP contribution in [0.4, 0.5) is 11.4 Å². The van der Waals surface area contributed by atoms with Gasteiger partial charge in [0.15, 0.2) is 6.61 Å². The number of anilines is 1. The minimum Gasteiger partial charge on any atom is -0.482 e. The summed E-state index contributed by atoms with van der Waals surface area (Å²) in [5.74, 6) is 0.548. The Bertz CT molecular complexity index is 1260. The van der Waals surface area contributed by atoms with Gasteiger partial charge in [0.25, 0.3) is 5.91 Å². The molecule has 1 amide bonds. The fourth-order valence-corrected chi connectivity index (χ4v) is 4.73. The van der Waals surface area contributed by atoms with Gasteiger partial charge in [-0.25, -0.2) is 9.67 Å². The first-order valence-electron chi connectivity index (χ1n) is 10.5. The lowest BCUT2D eigenvalue weighted by atomic mass is 10.1. The van der Waals surface area contributed by atoms with Gasteiger partial charge < -0.3 is 10.1 Å². The molecule has 0 bridgehead atoms. The van der Waals surface area contributed by atoms with Crippen LogP contribution in [0.2, 0.25) is 0 Å². The number of nitrogens with zero attached hydrogens (tertiary/aromatic N) is 3. The number of thiazole rings is 1. The van der Waals surface area contributed by atoms with E-state index in [4.69, 9.17) is 14.8 Å². The number of aromatic nitrogens is 1. The van der Waals surface area contributed by atoms with Gasteiger partial charge in [-0.1, -0.05) is 12.1 Å². The average Bonchev–Trinajstić information content (AvgIpc) is 3.41. The smallest absolute Gasteiger partial charge is 0.262 e. The molecule has 7 heteroatoms. The lowest BCUT2D eigenvalue weighted by Crippen LogP contribution is -2.25. The molecule has 0 unspecified atom stereocenters. The molecule has 1 N–H and O–H groups in total. The van der Waals surface area contributed by atoms with Gasteiger partial charge in [-0.15, -0.1) is 11.3 Å². The number of benzene rings is 2. The molecule has 1 fully saturated rings. The molecule has 0 spiro atoms. The van der Waals surface area contributed by atoms with Crippen LogP contribution in [0.3, 0.4) is 0 Å². The van der Waals surface area contributed by atoms with Crippen LogP contribution in [0.25, 0.3) is 11.3 Å². The lowest BCUT2D eigenvalue weighted by Gasteiger charge is -2.18. The SMILES string of the molecule is Cc1ccc(C)c(N=c2scc(-c3ccc4c(c3)NC(=O)CO4)n2N=C2CCCC2)c1. The van der Waals surface area contributed by atoms with Crippen LogP contribution in [0.15, 0.2) is 51.9 Å². The van der Waals surface area contributed by atoms with E-state index in [1.165, 1.54) is 24.1 Å². The highest BCUT2D eigenvalue weighted by Gasteiger charge is 2.18. The molecule has 1 saturated carbocycles. The fraction of sp³-hybridized carbons (Fsp3) is 0.292. The summed E-state index contributed by atoms with van der Waals surface area (Å²) in [7, 11) is 0. The van der Waals surface area contributed by atoms with Crippen molar-refractivity contribution in [3.05, 3.63) is 57.7 Å². The third-order valence-corrected chi connectivity index (χ3v) is 6.41. The normalized spacial score (nSPS) is 16.1. The summed E-state index contributed by atoms with van der Waals surface area (Å²) in [4.78, 5) is 17.6. The maximum absolute atomic E-state index is 11.8. The largest absolute Gasteiger partial charge is 0.482 e. The van der Waals surface area contributed by atoms with Gasteiger partial charge in [0.1, 0.15) is 5.75 Å². The Kier molecular flexibility index (Phi) is 5.19. The predicted octanol–water partition coefficient (Wildman–Crippen LogP) is 5.17. The molecule has 5 rings (SSSR count). The summed E-state index contributed by atoms with van der Waals surface area (Å²) >= 11 is 1.57. The Morgan fingerprint density at radius 2 is 1.94 bits per heavy atom. The second-order valence-corrected chi connectivity index (χ2v) is 8.87. The highest BCUT2D eigenvalue weighted by atomic mass is 32.1. The molecule has 2 aliphatic rings. The van der Waals surface area contributed by atoms with Gasteiger partial charge in [-0.3, -0.25) is 4.79 Å². The fourth-order valence-electron chi connectivity index (χ4n) is 3.88. The first kappa shape index (κ1) is 19.8. The van der Waals surface area contributed by atoms with E-state index in [2.05, 4.69) is 42.7 Å². The van der Waals surface area contributed by atoms with Crippen LogP contribution >= 0.6 is 11.3 Å². The molecule has 158 valence electrons. The van der Waals surface area contributed by atoms with Crippen molar-refractivity contribution in [3.63, 3.8) is 0 Å². The summed E-state index contributed by atoms with van der Waals surface area (Å²) in [5, 5.41) is 9.97. The Hall–Kier alpha value is -3.19. The number of fused-ring (bicyclic) bond motifs is 1. The molecular weight excluding hydrogens is 408 g/mol. The first-order valence-corrected chi connectivity index (χ1v) is 11.4. The number of carbonyl (C=O) groups excluding carboxylic acids is 1. The molecule has 0 atom stereocenters. The molecule has 0 radical (unpaired) electrons.